The Morgan fingerprint density at radius 2 is 2.28 bits per heavy atom. The van der Waals surface area contributed by atoms with Crippen LogP contribution >= 0.6 is 0 Å². The first kappa shape index (κ1) is 10.4. The van der Waals surface area contributed by atoms with Crippen LogP contribution in [0.25, 0.3) is 0 Å². The highest BCUT2D eigenvalue weighted by molar-refractivity contribution is 5.93. The average Bonchev–Trinajstić information content (AvgIpc) is 3.11. The molecule has 1 aliphatic heterocycles. The largest absolute Gasteiger partial charge is 0.458 e. The summed E-state index contributed by atoms with van der Waals surface area (Å²) in [5.74, 6) is 2.53. The number of amides is 1. The third kappa shape index (κ3) is 1.21. The van der Waals surface area contributed by atoms with Gasteiger partial charge in [0.1, 0.15) is 5.92 Å². The van der Waals surface area contributed by atoms with E-state index in [4.69, 9.17) is 4.42 Å². The van der Waals surface area contributed by atoms with E-state index in [1.165, 1.54) is 19.3 Å². The third-order valence-electron chi connectivity index (χ3n) is 4.94. The molecule has 2 heterocycles. The highest BCUT2D eigenvalue weighted by Crippen LogP contribution is 2.51. The van der Waals surface area contributed by atoms with Crippen molar-refractivity contribution in [2.75, 3.05) is 0 Å². The van der Waals surface area contributed by atoms with Gasteiger partial charge in [0.05, 0.1) is 6.26 Å². The molecule has 1 N–H and O–H groups in total. The summed E-state index contributed by atoms with van der Waals surface area (Å²) < 4.78 is 7.51. The van der Waals surface area contributed by atoms with Gasteiger partial charge < -0.3 is 4.42 Å². The maximum Gasteiger partial charge on any atom is 0.284 e. The number of nitrogens with zero attached hydrogens (tertiary/aromatic N) is 1. The monoisotopic (exact) mass is 245 g/mol. The molecule has 1 aromatic heterocycles. The van der Waals surface area contributed by atoms with Crippen molar-refractivity contribution in [3.05, 3.63) is 24.2 Å². The molecule has 4 heteroatoms. The lowest BCUT2D eigenvalue weighted by molar-refractivity contribution is -0.603. The number of hydrazone groups is 1. The molecule has 2 saturated carbocycles. The second-order valence-electron chi connectivity index (χ2n) is 5.76. The average molecular weight is 245 g/mol. The van der Waals surface area contributed by atoms with E-state index in [-0.39, 0.29) is 11.8 Å². The lowest BCUT2D eigenvalue weighted by Gasteiger charge is -2.17. The van der Waals surface area contributed by atoms with E-state index < -0.39 is 0 Å². The van der Waals surface area contributed by atoms with E-state index in [9.17, 15) is 4.79 Å². The van der Waals surface area contributed by atoms with Crippen LogP contribution in [-0.4, -0.2) is 22.3 Å². The topological polar surface area (TPSA) is 45.2 Å². The van der Waals surface area contributed by atoms with E-state index >= 15 is 0 Å². The van der Waals surface area contributed by atoms with Crippen LogP contribution in [0.4, 0.5) is 0 Å². The number of nitrogens with one attached hydrogen (secondary N) is 1. The Labute approximate surface area is 106 Å². The number of carbonyl (C=O) groups is 1. The first-order valence-electron chi connectivity index (χ1n) is 6.73. The second kappa shape index (κ2) is 3.46. The second-order valence-corrected chi connectivity index (χ2v) is 5.76. The predicted molar refractivity (Wildman–Crippen MR) is 65.0 cm³/mol. The third-order valence-corrected chi connectivity index (χ3v) is 4.94. The molecule has 3 fully saturated rings. The predicted octanol–water partition coefficient (Wildman–Crippen LogP) is 1.56. The number of rotatable bonds is 1. The number of hydrogen-bond acceptors (Lipinski definition) is 2. The Morgan fingerprint density at radius 3 is 3.06 bits per heavy atom. The van der Waals surface area contributed by atoms with Crippen molar-refractivity contribution in [1.29, 1.82) is 0 Å². The molecule has 1 aromatic rings. The Kier molecular flexibility index (Phi) is 1.99. The SMILES string of the molecule is C/C(c1ccco1)=[N+]1/NC(=O)C2C3CCC(C3)C21. The molecule has 1 amide bonds. The molecule has 0 spiro atoms. The highest BCUT2D eigenvalue weighted by Gasteiger charge is 2.62. The number of carbonyl (C=O) groups excluding carboxylic acids is 1. The molecular weight excluding hydrogens is 228 g/mol. The lowest BCUT2D eigenvalue weighted by Crippen LogP contribution is -2.37. The van der Waals surface area contributed by atoms with E-state index in [1.807, 2.05) is 19.1 Å². The van der Waals surface area contributed by atoms with Gasteiger partial charge in [0.25, 0.3) is 5.91 Å². The Bertz CT molecular complexity index is 532. The molecule has 18 heavy (non-hydrogen) atoms. The zero-order valence-electron chi connectivity index (χ0n) is 10.4. The first-order chi connectivity index (χ1) is 8.75. The number of hydrazine groups is 1. The summed E-state index contributed by atoms with van der Waals surface area (Å²) in [4.78, 5) is 12.1. The molecule has 4 atom stereocenters. The molecule has 3 aliphatic rings. The van der Waals surface area contributed by atoms with Gasteiger partial charge in [-0.25, -0.2) is 0 Å². The summed E-state index contributed by atoms with van der Waals surface area (Å²) in [6.07, 6.45) is 5.40. The van der Waals surface area contributed by atoms with E-state index in [0.717, 1.165) is 11.5 Å². The number of furan rings is 1. The van der Waals surface area contributed by atoms with Crippen molar-refractivity contribution in [1.82, 2.24) is 5.43 Å². The van der Waals surface area contributed by atoms with Crippen LogP contribution in [0.1, 0.15) is 31.9 Å². The van der Waals surface area contributed by atoms with Gasteiger partial charge in [-0.05, 0) is 37.3 Å². The lowest BCUT2D eigenvalue weighted by atomic mass is 9.85. The molecule has 0 aromatic carbocycles. The van der Waals surface area contributed by atoms with Crippen molar-refractivity contribution >= 4 is 11.6 Å². The normalized spacial score (nSPS) is 39.9. The van der Waals surface area contributed by atoms with Crippen LogP contribution in [0.15, 0.2) is 22.8 Å². The number of fused-ring (bicyclic) bond motifs is 5. The van der Waals surface area contributed by atoms with Crippen molar-refractivity contribution < 1.29 is 13.9 Å². The maximum absolute atomic E-state index is 12.1. The minimum absolute atomic E-state index is 0.202. The first-order valence-corrected chi connectivity index (χ1v) is 6.73. The molecule has 2 aliphatic carbocycles. The zero-order valence-corrected chi connectivity index (χ0v) is 10.4. The van der Waals surface area contributed by atoms with Crippen LogP contribution in [-0.2, 0) is 4.79 Å². The minimum atomic E-state index is 0.202. The van der Waals surface area contributed by atoms with Crippen LogP contribution in [0.2, 0.25) is 0 Å². The van der Waals surface area contributed by atoms with E-state index in [2.05, 4.69) is 10.1 Å². The Balaban J connectivity index is 1.79. The van der Waals surface area contributed by atoms with E-state index in [1.54, 1.807) is 6.26 Å². The summed E-state index contributed by atoms with van der Waals surface area (Å²) >= 11 is 0. The quantitative estimate of drug-likeness (QED) is 0.763. The standard InChI is InChI=1S/C14H16N2O2/c1-8(11-3-2-6-18-11)16-13-10-5-4-9(7-10)12(13)14(17)15-16/h2-3,6,9-10,12-13H,4-5,7H2,1H3/p+1/b16-8-. The van der Waals surface area contributed by atoms with Crippen LogP contribution < -0.4 is 5.43 Å². The summed E-state index contributed by atoms with van der Waals surface area (Å²) in [6.45, 7) is 2.02. The van der Waals surface area contributed by atoms with Crippen LogP contribution in [0, 0.1) is 17.8 Å². The zero-order chi connectivity index (χ0) is 12.3. The summed E-state index contributed by atoms with van der Waals surface area (Å²) in [6, 6.07) is 4.18. The molecule has 4 nitrogen and oxygen atoms in total. The van der Waals surface area contributed by atoms with Gasteiger partial charge in [-0.2, -0.15) is 0 Å². The molecule has 2 bridgehead atoms. The fraction of sp³-hybridized carbons (Fsp3) is 0.571. The highest BCUT2D eigenvalue weighted by atomic mass is 16.3. The van der Waals surface area contributed by atoms with Gasteiger partial charge in [-0.1, -0.05) is 0 Å². The van der Waals surface area contributed by atoms with Gasteiger partial charge in [-0.15, -0.1) is 10.1 Å². The maximum atomic E-state index is 12.1. The fourth-order valence-electron chi connectivity index (χ4n) is 4.18. The Morgan fingerprint density at radius 1 is 1.44 bits per heavy atom. The molecule has 1 saturated heterocycles. The summed E-state index contributed by atoms with van der Waals surface area (Å²) in [5, 5.41) is 0. The van der Waals surface area contributed by atoms with Crippen LogP contribution in [0.3, 0.4) is 0 Å². The van der Waals surface area contributed by atoms with Gasteiger partial charge in [0, 0.05) is 12.8 Å². The van der Waals surface area contributed by atoms with Gasteiger partial charge in [0.15, 0.2) is 11.8 Å². The van der Waals surface area contributed by atoms with Crippen LogP contribution in [0.5, 0.6) is 0 Å². The van der Waals surface area contributed by atoms with Gasteiger partial charge in [-0.3, -0.25) is 4.79 Å². The van der Waals surface area contributed by atoms with Gasteiger partial charge >= 0.3 is 0 Å². The van der Waals surface area contributed by atoms with Crippen molar-refractivity contribution in [2.24, 2.45) is 17.8 Å². The number of hydrogen-bond donors (Lipinski definition) is 1. The van der Waals surface area contributed by atoms with Gasteiger partial charge in [0.2, 0.25) is 5.71 Å². The Hall–Kier alpha value is -1.58. The smallest absolute Gasteiger partial charge is 0.284 e. The van der Waals surface area contributed by atoms with E-state index in [0.29, 0.717) is 17.9 Å². The summed E-state index contributed by atoms with van der Waals surface area (Å²) in [5.41, 5.74) is 4.06. The fourth-order valence-corrected chi connectivity index (χ4v) is 4.18. The minimum Gasteiger partial charge on any atom is -0.458 e. The molecule has 4 rings (SSSR count). The molecule has 4 unspecified atom stereocenters. The summed E-state index contributed by atoms with van der Waals surface area (Å²) in [7, 11) is 0. The van der Waals surface area contributed by atoms with Crippen molar-refractivity contribution in [3.63, 3.8) is 0 Å². The molecule has 0 radical (unpaired) electrons. The molecule has 94 valence electrons. The molecular formula is C14H17N2O2+. The van der Waals surface area contributed by atoms with Crippen molar-refractivity contribution in [2.45, 2.75) is 32.2 Å². The van der Waals surface area contributed by atoms with Crippen molar-refractivity contribution in [3.8, 4) is 0 Å².